The highest BCUT2D eigenvalue weighted by Crippen LogP contribution is 2.19. The van der Waals surface area contributed by atoms with Gasteiger partial charge in [0.2, 0.25) is 0 Å². The van der Waals surface area contributed by atoms with Crippen LogP contribution in [0.4, 0.5) is 20.2 Å². The second kappa shape index (κ2) is 6.75. The molecule has 2 N–H and O–H groups in total. The standard InChI is InChI=1S/C16H15F2N3O3S/c17-13-2-1-10(7-14(13)18)20-11-3-5-19-15(8-11)16(22)21-12-4-6-25(23,24)9-12/h1-3,5,7-8,12H,4,6,9H2,(H,19,20)(H,21,22). The van der Waals surface area contributed by atoms with Crippen LogP contribution in [-0.4, -0.2) is 36.9 Å². The molecular weight excluding hydrogens is 352 g/mol. The number of carbonyl (C=O) groups excluding carboxylic acids is 1. The number of amides is 1. The number of nitrogens with one attached hydrogen (secondary N) is 2. The van der Waals surface area contributed by atoms with Crippen molar-refractivity contribution in [2.75, 3.05) is 16.8 Å². The molecule has 1 aliphatic heterocycles. The van der Waals surface area contributed by atoms with Crippen molar-refractivity contribution in [2.45, 2.75) is 12.5 Å². The van der Waals surface area contributed by atoms with Gasteiger partial charge in [-0.2, -0.15) is 0 Å². The van der Waals surface area contributed by atoms with Gasteiger partial charge in [-0.15, -0.1) is 0 Å². The lowest BCUT2D eigenvalue weighted by molar-refractivity contribution is 0.0936. The smallest absolute Gasteiger partial charge is 0.270 e. The van der Waals surface area contributed by atoms with Crippen LogP contribution in [0.5, 0.6) is 0 Å². The maximum atomic E-state index is 13.2. The fourth-order valence-corrected chi connectivity index (χ4v) is 4.21. The van der Waals surface area contributed by atoms with Crippen molar-refractivity contribution in [1.29, 1.82) is 0 Å². The molecule has 2 aromatic rings. The number of aromatic nitrogens is 1. The van der Waals surface area contributed by atoms with Gasteiger partial charge in [0, 0.05) is 29.7 Å². The molecule has 1 fully saturated rings. The van der Waals surface area contributed by atoms with Gasteiger partial charge >= 0.3 is 0 Å². The molecule has 6 nitrogen and oxygen atoms in total. The molecule has 1 saturated heterocycles. The first-order chi connectivity index (χ1) is 11.8. The highest BCUT2D eigenvalue weighted by Gasteiger charge is 2.29. The van der Waals surface area contributed by atoms with Gasteiger partial charge in [-0.05, 0) is 30.7 Å². The third kappa shape index (κ3) is 4.30. The van der Waals surface area contributed by atoms with E-state index in [2.05, 4.69) is 15.6 Å². The van der Waals surface area contributed by atoms with E-state index in [1.54, 1.807) is 6.07 Å². The van der Waals surface area contributed by atoms with Crippen molar-refractivity contribution >= 4 is 27.1 Å². The lowest BCUT2D eigenvalue weighted by Crippen LogP contribution is -2.36. The summed E-state index contributed by atoms with van der Waals surface area (Å²) in [6.07, 6.45) is 1.77. The lowest BCUT2D eigenvalue weighted by atomic mass is 10.2. The van der Waals surface area contributed by atoms with E-state index in [0.717, 1.165) is 12.1 Å². The predicted molar refractivity (Wildman–Crippen MR) is 88.4 cm³/mol. The van der Waals surface area contributed by atoms with Crippen molar-refractivity contribution in [3.8, 4) is 0 Å². The largest absolute Gasteiger partial charge is 0.355 e. The summed E-state index contributed by atoms with van der Waals surface area (Å²) >= 11 is 0. The summed E-state index contributed by atoms with van der Waals surface area (Å²) in [5, 5.41) is 5.49. The zero-order valence-electron chi connectivity index (χ0n) is 13.0. The lowest BCUT2D eigenvalue weighted by Gasteiger charge is -2.11. The molecule has 132 valence electrons. The molecule has 1 aromatic carbocycles. The third-order valence-corrected chi connectivity index (χ3v) is 5.54. The molecule has 0 saturated carbocycles. The minimum atomic E-state index is -3.09. The van der Waals surface area contributed by atoms with E-state index in [1.165, 1.54) is 18.3 Å². The van der Waals surface area contributed by atoms with Crippen LogP contribution in [0.1, 0.15) is 16.9 Å². The van der Waals surface area contributed by atoms with Crippen molar-refractivity contribution in [1.82, 2.24) is 10.3 Å². The normalized spacial score (nSPS) is 18.7. The molecule has 1 aliphatic rings. The first-order valence-corrected chi connectivity index (χ1v) is 9.34. The number of nitrogens with zero attached hydrogens (tertiary/aromatic N) is 1. The molecule has 9 heteroatoms. The maximum absolute atomic E-state index is 13.2. The summed E-state index contributed by atoms with van der Waals surface area (Å²) in [4.78, 5) is 16.2. The minimum Gasteiger partial charge on any atom is -0.355 e. The Morgan fingerprint density at radius 3 is 2.56 bits per heavy atom. The molecule has 3 rings (SSSR count). The molecular formula is C16H15F2N3O3S. The monoisotopic (exact) mass is 367 g/mol. The van der Waals surface area contributed by atoms with E-state index in [-0.39, 0.29) is 17.2 Å². The van der Waals surface area contributed by atoms with E-state index in [1.807, 2.05) is 0 Å². The number of halogens is 2. The van der Waals surface area contributed by atoms with Crippen molar-refractivity contribution in [3.63, 3.8) is 0 Å². The molecule has 0 radical (unpaired) electrons. The second-order valence-corrected chi connectivity index (χ2v) is 7.99. The van der Waals surface area contributed by atoms with Gasteiger partial charge in [-0.25, -0.2) is 17.2 Å². The van der Waals surface area contributed by atoms with Crippen LogP contribution in [-0.2, 0) is 9.84 Å². The maximum Gasteiger partial charge on any atom is 0.270 e. The second-order valence-electron chi connectivity index (χ2n) is 5.76. The van der Waals surface area contributed by atoms with Crippen LogP contribution in [0.3, 0.4) is 0 Å². The number of sulfone groups is 1. The van der Waals surface area contributed by atoms with Crippen molar-refractivity contribution in [3.05, 3.63) is 53.9 Å². The summed E-state index contributed by atoms with van der Waals surface area (Å²) < 4.78 is 49.1. The van der Waals surface area contributed by atoms with Crippen LogP contribution in [0.15, 0.2) is 36.5 Å². The first-order valence-electron chi connectivity index (χ1n) is 7.52. The average Bonchev–Trinajstić information content (AvgIpc) is 2.90. The van der Waals surface area contributed by atoms with Crippen LogP contribution in [0, 0.1) is 11.6 Å². The zero-order chi connectivity index (χ0) is 18.0. The van der Waals surface area contributed by atoms with E-state index in [4.69, 9.17) is 0 Å². The number of hydrogen-bond acceptors (Lipinski definition) is 5. The van der Waals surface area contributed by atoms with Gasteiger partial charge in [0.05, 0.1) is 11.5 Å². The molecule has 0 bridgehead atoms. The number of pyridine rings is 1. The topological polar surface area (TPSA) is 88.2 Å². The average molecular weight is 367 g/mol. The van der Waals surface area contributed by atoms with Gasteiger partial charge < -0.3 is 10.6 Å². The van der Waals surface area contributed by atoms with Gasteiger partial charge in [0.15, 0.2) is 21.5 Å². The van der Waals surface area contributed by atoms with Crippen LogP contribution in [0.2, 0.25) is 0 Å². The SMILES string of the molecule is O=C(NC1CCS(=O)(=O)C1)c1cc(Nc2ccc(F)c(F)c2)ccn1. The Balaban J connectivity index is 1.70. The molecule has 2 heterocycles. The number of anilines is 2. The highest BCUT2D eigenvalue weighted by molar-refractivity contribution is 7.91. The number of benzene rings is 1. The Morgan fingerprint density at radius 2 is 1.88 bits per heavy atom. The minimum absolute atomic E-state index is 0.0586. The van der Waals surface area contributed by atoms with Crippen LogP contribution < -0.4 is 10.6 Å². The van der Waals surface area contributed by atoms with Gasteiger partial charge in [0.25, 0.3) is 5.91 Å². The summed E-state index contributed by atoms with van der Waals surface area (Å²) in [5.74, 6) is -2.45. The van der Waals surface area contributed by atoms with Gasteiger partial charge in [-0.3, -0.25) is 9.78 Å². The van der Waals surface area contributed by atoms with Crippen LogP contribution in [0.25, 0.3) is 0 Å². The number of rotatable bonds is 4. The zero-order valence-corrected chi connectivity index (χ0v) is 13.8. The Hall–Kier alpha value is -2.55. The third-order valence-electron chi connectivity index (χ3n) is 3.77. The fourth-order valence-electron chi connectivity index (χ4n) is 2.54. The van der Waals surface area contributed by atoms with Gasteiger partial charge in [0.1, 0.15) is 5.69 Å². The summed E-state index contributed by atoms with van der Waals surface area (Å²) in [7, 11) is -3.09. The molecule has 1 unspecified atom stereocenters. The fraction of sp³-hybridized carbons (Fsp3) is 0.250. The van der Waals surface area contributed by atoms with E-state index in [9.17, 15) is 22.0 Å². The molecule has 1 atom stereocenters. The Labute approximate surface area is 143 Å². The number of hydrogen-bond donors (Lipinski definition) is 2. The summed E-state index contributed by atoms with van der Waals surface area (Å²) in [5.41, 5.74) is 0.875. The molecule has 0 aliphatic carbocycles. The van der Waals surface area contributed by atoms with Crippen LogP contribution >= 0.6 is 0 Å². The van der Waals surface area contributed by atoms with Crippen molar-refractivity contribution in [2.24, 2.45) is 0 Å². The molecule has 1 aromatic heterocycles. The van der Waals surface area contributed by atoms with E-state index < -0.39 is 33.4 Å². The Morgan fingerprint density at radius 1 is 1.12 bits per heavy atom. The highest BCUT2D eigenvalue weighted by atomic mass is 32.2. The molecule has 1 amide bonds. The summed E-state index contributed by atoms with van der Waals surface area (Å²) in [6.45, 7) is 0. The Bertz CT molecular complexity index is 919. The van der Waals surface area contributed by atoms with Gasteiger partial charge in [-0.1, -0.05) is 0 Å². The Kier molecular flexibility index (Phi) is 4.67. The first kappa shape index (κ1) is 17.3. The quantitative estimate of drug-likeness (QED) is 0.863. The van der Waals surface area contributed by atoms with E-state index in [0.29, 0.717) is 17.8 Å². The molecule has 0 spiro atoms. The predicted octanol–water partition coefficient (Wildman–Crippen LogP) is 2.02. The summed E-state index contributed by atoms with van der Waals surface area (Å²) in [6, 6.07) is 5.94. The number of carbonyl (C=O) groups is 1. The van der Waals surface area contributed by atoms with Crippen molar-refractivity contribution < 1.29 is 22.0 Å². The molecule has 25 heavy (non-hydrogen) atoms. The van der Waals surface area contributed by atoms with E-state index >= 15 is 0 Å².